The highest BCUT2D eigenvalue weighted by Gasteiger charge is 2.53. The lowest BCUT2D eigenvalue weighted by atomic mass is 9.88. The van der Waals surface area contributed by atoms with Crippen molar-refractivity contribution in [2.75, 3.05) is 27.9 Å². The summed E-state index contributed by atoms with van der Waals surface area (Å²) in [6, 6.07) is 9.89. The molecule has 232 valence electrons. The number of methoxy groups -OCH3 is 3. The van der Waals surface area contributed by atoms with Crippen molar-refractivity contribution < 1.29 is 61.9 Å². The predicted octanol–water partition coefficient (Wildman–Crippen LogP) is 2.96. The van der Waals surface area contributed by atoms with E-state index in [1.807, 2.05) is 0 Å². The topological polar surface area (TPSA) is 159 Å². The molecule has 2 aromatic rings. The maximum Gasteiger partial charge on any atom is 0.338 e. The minimum Gasteiger partial charge on any atom is -0.496 e. The van der Waals surface area contributed by atoms with Gasteiger partial charge in [0.05, 0.1) is 26.9 Å². The fourth-order valence-corrected chi connectivity index (χ4v) is 4.84. The molecule has 3 rings (SSSR count). The molecule has 0 N–H and O–H groups in total. The number of carbonyl (C=O) groups is 5. The number of hydrogen-bond donors (Lipinski definition) is 0. The molecule has 0 bridgehead atoms. The van der Waals surface area contributed by atoms with Gasteiger partial charge in [0.15, 0.2) is 18.3 Å². The number of ether oxygens (including phenoxy) is 8. The van der Waals surface area contributed by atoms with Gasteiger partial charge in [0.2, 0.25) is 0 Å². The van der Waals surface area contributed by atoms with Gasteiger partial charge >= 0.3 is 29.8 Å². The Morgan fingerprint density at radius 2 is 1.28 bits per heavy atom. The molecule has 43 heavy (non-hydrogen) atoms. The van der Waals surface area contributed by atoms with Crippen molar-refractivity contribution in [2.24, 2.45) is 0 Å². The van der Waals surface area contributed by atoms with Gasteiger partial charge in [0, 0.05) is 44.4 Å². The number of carbonyl (C=O) groups excluding carboxylic acids is 5. The molecule has 1 aliphatic rings. The predicted molar refractivity (Wildman–Crippen MR) is 147 cm³/mol. The van der Waals surface area contributed by atoms with Crippen LogP contribution in [0.1, 0.15) is 49.7 Å². The molecular weight excluding hydrogens is 568 g/mol. The van der Waals surface area contributed by atoms with E-state index in [1.54, 1.807) is 36.4 Å². The highest BCUT2D eigenvalue weighted by molar-refractivity contribution is 5.98. The molecule has 1 saturated heterocycles. The first kappa shape index (κ1) is 32.9. The largest absolute Gasteiger partial charge is 0.496 e. The summed E-state index contributed by atoms with van der Waals surface area (Å²) in [5.41, 5.74) is 1.51. The smallest absolute Gasteiger partial charge is 0.338 e. The summed E-state index contributed by atoms with van der Waals surface area (Å²) >= 11 is 0. The van der Waals surface area contributed by atoms with Crippen LogP contribution in [0.5, 0.6) is 11.5 Å². The van der Waals surface area contributed by atoms with Crippen LogP contribution in [0.3, 0.4) is 0 Å². The number of hydrogen-bond acceptors (Lipinski definition) is 13. The van der Waals surface area contributed by atoms with E-state index in [0.717, 1.165) is 20.8 Å². The van der Waals surface area contributed by atoms with E-state index in [0.29, 0.717) is 11.1 Å². The number of esters is 5. The van der Waals surface area contributed by atoms with Gasteiger partial charge in [-0.25, -0.2) is 4.79 Å². The molecule has 5 atom stereocenters. The van der Waals surface area contributed by atoms with Crippen LogP contribution in [0, 0.1) is 0 Å². The van der Waals surface area contributed by atoms with E-state index >= 15 is 0 Å². The first-order valence-electron chi connectivity index (χ1n) is 13.2. The molecule has 1 heterocycles. The van der Waals surface area contributed by atoms with E-state index in [9.17, 15) is 24.0 Å². The third-order valence-electron chi connectivity index (χ3n) is 6.47. The van der Waals surface area contributed by atoms with Gasteiger partial charge in [0.1, 0.15) is 30.3 Å². The molecular formula is C30H34O13. The zero-order valence-corrected chi connectivity index (χ0v) is 24.9. The zero-order chi connectivity index (χ0) is 31.8. The van der Waals surface area contributed by atoms with Crippen LogP contribution in [0.2, 0.25) is 0 Å². The average molecular weight is 603 g/mol. The standard InChI is InChI=1S/C30H34O13/c1-15(31)39-14-25-27(40-16(2)32)29(42-18(4)34)28(41-17(3)33)26(43-25)22-13-23(36-5)21(12-24(22)37-6)19-10-8-9-11-20(19)30(35)38-7/h8-13,25-29H,14H2,1-7H3/t25-,26+,27+,28+,29+/m1/s1. The quantitative estimate of drug-likeness (QED) is 0.289. The Morgan fingerprint density at radius 3 is 1.84 bits per heavy atom. The lowest BCUT2D eigenvalue weighted by Crippen LogP contribution is -2.59. The third-order valence-corrected chi connectivity index (χ3v) is 6.47. The Balaban J connectivity index is 2.26. The van der Waals surface area contributed by atoms with Gasteiger partial charge in [-0.15, -0.1) is 0 Å². The summed E-state index contributed by atoms with van der Waals surface area (Å²) < 4.78 is 44.4. The number of rotatable bonds is 10. The van der Waals surface area contributed by atoms with Gasteiger partial charge < -0.3 is 37.9 Å². The van der Waals surface area contributed by atoms with E-state index in [-0.39, 0.29) is 22.6 Å². The Morgan fingerprint density at radius 1 is 0.698 bits per heavy atom. The molecule has 13 nitrogen and oxygen atoms in total. The molecule has 0 amide bonds. The van der Waals surface area contributed by atoms with Crippen LogP contribution in [0.25, 0.3) is 11.1 Å². The normalized spacial score (nSPS) is 21.1. The van der Waals surface area contributed by atoms with E-state index in [1.165, 1.54) is 28.3 Å². The molecule has 0 aromatic heterocycles. The fraction of sp³-hybridized carbons (Fsp3) is 0.433. The third kappa shape index (κ3) is 7.80. The Hall–Kier alpha value is -4.65. The lowest BCUT2D eigenvalue weighted by molar-refractivity contribution is -0.254. The highest BCUT2D eigenvalue weighted by Crippen LogP contribution is 2.45. The second-order valence-electron chi connectivity index (χ2n) is 9.45. The molecule has 0 spiro atoms. The minimum absolute atomic E-state index is 0.219. The summed E-state index contributed by atoms with van der Waals surface area (Å²) in [6.45, 7) is 4.22. The van der Waals surface area contributed by atoms with Crippen LogP contribution in [0.15, 0.2) is 36.4 Å². The molecule has 2 aromatic carbocycles. The molecule has 13 heteroatoms. The van der Waals surface area contributed by atoms with Crippen molar-refractivity contribution in [3.05, 3.63) is 47.5 Å². The van der Waals surface area contributed by atoms with Crippen molar-refractivity contribution in [1.29, 1.82) is 0 Å². The minimum atomic E-state index is -1.37. The van der Waals surface area contributed by atoms with Crippen LogP contribution < -0.4 is 9.47 Å². The molecule has 1 aliphatic heterocycles. The van der Waals surface area contributed by atoms with E-state index in [2.05, 4.69) is 0 Å². The molecule has 0 unspecified atom stereocenters. The maximum atomic E-state index is 12.5. The molecule has 0 radical (unpaired) electrons. The van der Waals surface area contributed by atoms with Crippen LogP contribution in [-0.2, 0) is 47.6 Å². The van der Waals surface area contributed by atoms with Crippen LogP contribution in [0.4, 0.5) is 0 Å². The van der Waals surface area contributed by atoms with Gasteiger partial charge in [-0.1, -0.05) is 18.2 Å². The Kier molecular flexibility index (Phi) is 11.1. The number of benzene rings is 2. The Labute approximate surface area is 248 Å². The monoisotopic (exact) mass is 602 g/mol. The summed E-state index contributed by atoms with van der Waals surface area (Å²) in [5.74, 6) is -2.96. The van der Waals surface area contributed by atoms with Crippen molar-refractivity contribution in [2.45, 2.75) is 58.2 Å². The maximum absolute atomic E-state index is 12.5. The summed E-state index contributed by atoms with van der Waals surface area (Å²) in [7, 11) is 4.08. The van der Waals surface area contributed by atoms with Crippen molar-refractivity contribution in [1.82, 2.24) is 0 Å². The first-order chi connectivity index (χ1) is 20.4. The Bertz CT molecular complexity index is 1370. The lowest BCUT2D eigenvalue weighted by Gasteiger charge is -2.44. The molecule has 1 fully saturated rings. The van der Waals surface area contributed by atoms with Gasteiger partial charge in [-0.2, -0.15) is 0 Å². The fourth-order valence-electron chi connectivity index (χ4n) is 4.84. The van der Waals surface area contributed by atoms with Gasteiger partial charge in [0.25, 0.3) is 0 Å². The second-order valence-corrected chi connectivity index (χ2v) is 9.45. The average Bonchev–Trinajstić information content (AvgIpc) is 2.96. The second kappa shape index (κ2) is 14.5. The molecule has 0 aliphatic carbocycles. The first-order valence-corrected chi connectivity index (χ1v) is 13.2. The van der Waals surface area contributed by atoms with E-state index in [4.69, 9.17) is 37.9 Å². The molecule has 0 saturated carbocycles. The van der Waals surface area contributed by atoms with Crippen molar-refractivity contribution in [3.8, 4) is 22.6 Å². The van der Waals surface area contributed by atoms with Crippen LogP contribution in [-0.4, -0.2) is 82.2 Å². The van der Waals surface area contributed by atoms with Gasteiger partial charge in [-0.05, 0) is 18.2 Å². The SMILES string of the molecule is COC(=O)c1ccccc1-c1cc(OC)c([C@@H]2O[C@H](COC(C)=O)[C@H](OC(C)=O)[C@H](OC(C)=O)[C@H]2OC(C)=O)cc1OC. The summed E-state index contributed by atoms with van der Waals surface area (Å²) in [4.78, 5) is 60.8. The van der Waals surface area contributed by atoms with Crippen LogP contribution >= 0.6 is 0 Å². The zero-order valence-electron chi connectivity index (χ0n) is 24.9. The van der Waals surface area contributed by atoms with Crippen molar-refractivity contribution >= 4 is 29.8 Å². The summed E-state index contributed by atoms with van der Waals surface area (Å²) in [6.07, 6.45) is -6.43. The highest BCUT2D eigenvalue weighted by atomic mass is 16.7. The van der Waals surface area contributed by atoms with E-state index < -0.39 is 67.0 Å². The van der Waals surface area contributed by atoms with Crippen molar-refractivity contribution in [3.63, 3.8) is 0 Å². The van der Waals surface area contributed by atoms with Gasteiger partial charge in [-0.3, -0.25) is 19.2 Å². The summed E-state index contributed by atoms with van der Waals surface area (Å²) in [5, 5.41) is 0.